The zero-order valence-electron chi connectivity index (χ0n) is 12.8. The molecule has 3 heterocycles. The molecule has 0 amide bonds. The van der Waals surface area contributed by atoms with Gasteiger partial charge in [-0.25, -0.2) is 0 Å². The smallest absolute Gasteiger partial charge is 0.174 e. The summed E-state index contributed by atoms with van der Waals surface area (Å²) in [5.41, 5.74) is 0.869. The van der Waals surface area contributed by atoms with Gasteiger partial charge in [0.05, 0.1) is 10.6 Å². The third-order valence-electron chi connectivity index (χ3n) is 3.46. The van der Waals surface area contributed by atoms with Gasteiger partial charge in [-0.3, -0.25) is 4.98 Å². The van der Waals surface area contributed by atoms with Crippen molar-refractivity contribution in [2.24, 2.45) is 0 Å². The Morgan fingerprint density at radius 1 is 1.26 bits per heavy atom. The minimum Gasteiger partial charge on any atom is -0.385 e. The van der Waals surface area contributed by atoms with E-state index in [2.05, 4.69) is 25.8 Å². The largest absolute Gasteiger partial charge is 0.385 e. The van der Waals surface area contributed by atoms with E-state index in [1.54, 1.807) is 24.6 Å². The summed E-state index contributed by atoms with van der Waals surface area (Å²) < 4.78 is 7.29. The second-order valence-corrected chi connectivity index (χ2v) is 6.48. The maximum Gasteiger partial charge on any atom is 0.174 e. The molecule has 0 aliphatic heterocycles. The van der Waals surface area contributed by atoms with Crippen molar-refractivity contribution in [1.82, 2.24) is 19.7 Å². The van der Waals surface area contributed by atoms with Crippen LogP contribution < -0.4 is 0 Å². The summed E-state index contributed by atoms with van der Waals surface area (Å²) in [6.07, 6.45) is 2.66. The molecule has 120 valence electrons. The van der Waals surface area contributed by atoms with Crippen molar-refractivity contribution in [3.8, 4) is 10.7 Å². The van der Waals surface area contributed by atoms with E-state index in [4.69, 9.17) is 17.4 Å². The second-order valence-electron chi connectivity index (χ2n) is 5.01. The van der Waals surface area contributed by atoms with Crippen molar-refractivity contribution >= 4 is 24.0 Å². The summed E-state index contributed by atoms with van der Waals surface area (Å²) in [6.45, 7) is 1.48. The van der Waals surface area contributed by atoms with Crippen molar-refractivity contribution in [3.63, 3.8) is 0 Å². The molecule has 3 aromatic heterocycles. The quantitative estimate of drug-likeness (QED) is 0.526. The van der Waals surface area contributed by atoms with Gasteiger partial charge in [0.25, 0.3) is 0 Å². The molecule has 1 atom stereocenters. The van der Waals surface area contributed by atoms with Gasteiger partial charge in [-0.2, -0.15) is 12.6 Å². The van der Waals surface area contributed by atoms with Crippen LogP contribution >= 0.6 is 24.0 Å². The van der Waals surface area contributed by atoms with Crippen molar-refractivity contribution < 1.29 is 4.74 Å². The number of pyridine rings is 1. The molecule has 7 heteroatoms. The molecule has 3 rings (SSSR count). The van der Waals surface area contributed by atoms with Crippen LogP contribution in [-0.4, -0.2) is 33.5 Å². The van der Waals surface area contributed by atoms with E-state index in [0.717, 1.165) is 35.2 Å². The van der Waals surface area contributed by atoms with E-state index in [1.807, 2.05) is 29.6 Å². The molecular weight excluding hydrogens is 328 g/mol. The Kier molecular flexibility index (Phi) is 5.43. The minimum atomic E-state index is -0.208. The molecule has 0 radical (unpaired) electrons. The first-order chi connectivity index (χ1) is 11.3. The highest BCUT2D eigenvalue weighted by Crippen LogP contribution is 2.30. The minimum absolute atomic E-state index is 0.208. The number of hydrogen-bond acceptors (Lipinski definition) is 6. The number of ether oxygens (including phenoxy) is 1. The lowest BCUT2D eigenvalue weighted by atomic mass is 10.2. The van der Waals surface area contributed by atoms with Gasteiger partial charge < -0.3 is 9.30 Å². The number of nitrogens with zero attached hydrogens (tertiary/aromatic N) is 4. The van der Waals surface area contributed by atoms with E-state index in [0.29, 0.717) is 6.61 Å². The molecule has 0 fully saturated rings. The average molecular weight is 346 g/mol. The van der Waals surface area contributed by atoms with E-state index >= 15 is 0 Å². The fraction of sp³-hybridized carbons (Fsp3) is 0.312. The standard InChI is InChI=1S/C16H18N4OS2/c1-21-10-5-9-20-15(13-7-4-11-23-13)18-19-16(20)14(22)12-6-2-3-8-17-12/h2-4,6-8,11,14,22H,5,9-10H2,1H3. The molecule has 0 bridgehead atoms. The Labute approximate surface area is 144 Å². The predicted molar refractivity (Wildman–Crippen MR) is 94.9 cm³/mol. The lowest BCUT2D eigenvalue weighted by Crippen LogP contribution is -2.10. The van der Waals surface area contributed by atoms with Crippen LogP contribution in [0.25, 0.3) is 10.7 Å². The lowest BCUT2D eigenvalue weighted by Gasteiger charge is -2.13. The highest BCUT2D eigenvalue weighted by atomic mass is 32.1. The maximum atomic E-state index is 5.17. The van der Waals surface area contributed by atoms with Gasteiger partial charge in [0.2, 0.25) is 0 Å². The maximum absolute atomic E-state index is 5.17. The number of aromatic nitrogens is 4. The van der Waals surface area contributed by atoms with E-state index in [9.17, 15) is 0 Å². The molecule has 0 saturated heterocycles. The molecule has 0 N–H and O–H groups in total. The summed E-state index contributed by atoms with van der Waals surface area (Å²) in [7, 11) is 1.71. The first kappa shape index (κ1) is 16.2. The lowest BCUT2D eigenvalue weighted by molar-refractivity contribution is 0.190. The van der Waals surface area contributed by atoms with Crippen LogP contribution in [0.5, 0.6) is 0 Å². The van der Waals surface area contributed by atoms with Gasteiger partial charge in [0.15, 0.2) is 11.6 Å². The monoisotopic (exact) mass is 346 g/mol. The number of hydrogen-bond donors (Lipinski definition) is 1. The third-order valence-corrected chi connectivity index (χ3v) is 4.82. The fourth-order valence-electron chi connectivity index (χ4n) is 2.36. The van der Waals surface area contributed by atoms with E-state index < -0.39 is 0 Å². The Morgan fingerprint density at radius 3 is 2.87 bits per heavy atom. The highest BCUT2D eigenvalue weighted by molar-refractivity contribution is 7.80. The van der Waals surface area contributed by atoms with Gasteiger partial charge in [-0.05, 0) is 30.0 Å². The van der Waals surface area contributed by atoms with E-state index in [1.165, 1.54) is 0 Å². The number of methoxy groups -OCH3 is 1. The van der Waals surface area contributed by atoms with Crippen LogP contribution in [0.4, 0.5) is 0 Å². The van der Waals surface area contributed by atoms with Crippen molar-refractivity contribution in [1.29, 1.82) is 0 Å². The first-order valence-corrected chi connectivity index (χ1v) is 8.75. The molecule has 0 spiro atoms. The van der Waals surface area contributed by atoms with Gasteiger partial charge in [0.1, 0.15) is 5.25 Å². The Bertz CT molecular complexity index is 728. The Morgan fingerprint density at radius 2 is 2.17 bits per heavy atom. The molecule has 23 heavy (non-hydrogen) atoms. The van der Waals surface area contributed by atoms with Crippen LogP contribution in [0.1, 0.15) is 23.2 Å². The first-order valence-electron chi connectivity index (χ1n) is 7.36. The molecular formula is C16H18N4OS2. The molecule has 0 aromatic carbocycles. The van der Waals surface area contributed by atoms with Gasteiger partial charge >= 0.3 is 0 Å². The van der Waals surface area contributed by atoms with Gasteiger partial charge in [0, 0.05) is 26.5 Å². The SMILES string of the molecule is COCCCn1c(-c2cccs2)nnc1C(S)c1ccccn1. The van der Waals surface area contributed by atoms with Crippen LogP contribution in [0.15, 0.2) is 41.9 Å². The predicted octanol–water partition coefficient (Wildman–Crippen LogP) is 3.46. The van der Waals surface area contributed by atoms with Crippen LogP contribution in [0, 0.1) is 0 Å². The molecule has 0 aliphatic rings. The zero-order valence-corrected chi connectivity index (χ0v) is 14.5. The fourth-order valence-corrected chi connectivity index (χ4v) is 3.42. The van der Waals surface area contributed by atoms with Crippen LogP contribution in [0.2, 0.25) is 0 Å². The van der Waals surface area contributed by atoms with Crippen molar-refractivity contribution in [3.05, 3.63) is 53.4 Å². The summed E-state index contributed by atoms with van der Waals surface area (Å²) >= 11 is 6.38. The number of thiophene rings is 1. The van der Waals surface area contributed by atoms with Gasteiger partial charge in [-0.15, -0.1) is 21.5 Å². The highest BCUT2D eigenvalue weighted by Gasteiger charge is 2.21. The second kappa shape index (κ2) is 7.72. The Hall–Kier alpha value is -1.70. The Balaban J connectivity index is 1.96. The number of thiol groups is 1. The third kappa shape index (κ3) is 3.63. The molecule has 0 aliphatic carbocycles. The summed E-state index contributed by atoms with van der Waals surface area (Å²) in [5, 5.41) is 10.6. The normalized spacial score (nSPS) is 12.4. The zero-order chi connectivity index (χ0) is 16.1. The van der Waals surface area contributed by atoms with Crippen LogP contribution in [-0.2, 0) is 11.3 Å². The number of rotatable bonds is 7. The molecule has 0 saturated carbocycles. The van der Waals surface area contributed by atoms with Crippen LogP contribution in [0.3, 0.4) is 0 Å². The van der Waals surface area contributed by atoms with E-state index in [-0.39, 0.29) is 5.25 Å². The molecule has 1 unspecified atom stereocenters. The summed E-state index contributed by atoms with van der Waals surface area (Å²) in [5.74, 6) is 1.69. The summed E-state index contributed by atoms with van der Waals surface area (Å²) in [6, 6.07) is 9.88. The molecule has 3 aromatic rings. The van der Waals surface area contributed by atoms with Crippen molar-refractivity contribution in [2.45, 2.75) is 18.2 Å². The van der Waals surface area contributed by atoms with Crippen molar-refractivity contribution in [2.75, 3.05) is 13.7 Å². The molecule has 5 nitrogen and oxygen atoms in total. The van der Waals surface area contributed by atoms with Gasteiger partial charge in [-0.1, -0.05) is 12.1 Å². The topological polar surface area (TPSA) is 52.8 Å². The summed E-state index contributed by atoms with van der Waals surface area (Å²) in [4.78, 5) is 5.48. The average Bonchev–Trinajstić information content (AvgIpc) is 3.24.